The molecule has 0 radical (unpaired) electrons. The number of aromatic nitrogens is 1. The van der Waals surface area contributed by atoms with E-state index in [1.807, 2.05) is 6.07 Å². The molecule has 1 aromatic heterocycles. The normalized spacial score (nSPS) is 15.7. The van der Waals surface area contributed by atoms with Crippen LogP contribution in [0.15, 0.2) is 83.0 Å². The van der Waals surface area contributed by atoms with Gasteiger partial charge in [0.15, 0.2) is 0 Å². The molecule has 0 aliphatic heterocycles. The first-order chi connectivity index (χ1) is 14.6. The summed E-state index contributed by atoms with van der Waals surface area (Å²) in [5, 5.41) is 12.3. The Morgan fingerprint density at radius 1 is 1.20 bits per heavy atom. The molecule has 30 heavy (non-hydrogen) atoms. The number of hydrogen-bond acceptors (Lipinski definition) is 4. The van der Waals surface area contributed by atoms with Crippen molar-refractivity contribution in [2.75, 3.05) is 5.32 Å². The summed E-state index contributed by atoms with van der Waals surface area (Å²) in [5.74, 6) is -0.950. The minimum absolute atomic E-state index is 0.192. The highest BCUT2D eigenvalue weighted by atomic mass is 32.2. The molecule has 3 aromatic rings. The van der Waals surface area contributed by atoms with Gasteiger partial charge in [-0.1, -0.05) is 30.0 Å². The van der Waals surface area contributed by atoms with Crippen molar-refractivity contribution >= 4 is 23.4 Å². The molecule has 1 atom stereocenters. The minimum atomic E-state index is -0.986. The molecule has 1 aliphatic rings. The topological polar surface area (TPSA) is 62.2 Å². The van der Waals surface area contributed by atoms with Gasteiger partial charge in [0.2, 0.25) is 0 Å². The summed E-state index contributed by atoms with van der Waals surface area (Å²) in [6.07, 6.45) is 10.0. The Balaban J connectivity index is 1.49. The second-order valence-corrected chi connectivity index (χ2v) is 8.30. The van der Waals surface area contributed by atoms with Crippen LogP contribution in [0.4, 0.5) is 10.1 Å². The summed E-state index contributed by atoms with van der Waals surface area (Å²) in [7, 11) is 0. The molecule has 0 saturated heterocycles. The predicted molar refractivity (Wildman–Crippen MR) is 117 cm³/mol. The SMILES string of the molecule is O=C(O)c1ccncc1N/C=C/C1CCCc2cc(Sc3cccc(F)c3)ccc21. The summed E-state index contributed by atoms with van der Waals surface area (Å²) < 4.78 is 13.4. The third-order valence-corrected chi connectivity index (χ3v) is 6.11. The van der Waals surface area contributed by atoms with Crippen molar-refractivity contribution in [1.82, 2.24) is 4.98 Å². The number of carbonyl (C=O) groups is 1. The maximum absolute atomic E-state index is 13.4. The number of anilines is 1. The summed E-state index contributed by atoms with van der Waals surface area (Å²) in [4.78, 5) is 17.3. The van der Waals surface area contributed by atoms with Crippen molar-refractivity contribution < 1.29 is 14.3 Å². The second-order valence-electron chi connectivity index (χ2n) is 7.15. The number of hydrogen-bond donors (Lipinski definition) is 2. The zero-order valence-corrected chi connectivity index (χ0v) is 17.0. The van der Waals surface area contributed by atoms with Gasteiger partial charge in [0.1, 0.15) is 5.82 Å². The van der Waals surface area contributed by atoms with Gasteiger partial charge in [-0.25, -0.2) is 9.18 Å². The number of aryl methyl sites for hydroxylation is 1. The van der Waals surface area contributed by atoms with Gasteiger partial charge < -0.3 is 10.4 Å². The monoisotopic (exact) mass is 420 g/mol. The lowest BCUT2D eigenvalue weighted by Gasteiger charge is -2.23. The number of aromatic carboxylic acids is 1. The molecule has 4 nitrogen and oxygen atoms in total. The molecule has 2 aromatic carbocycles. The van der Waals surface area contributed by atoms with E-state index >= 15 is 0 Å². The van der Waals surface area contributed by atoms with Gasteiger partial charge in [-0.15, -0.1) is 0 Å². The number of fused-ring (bicyclic) bond motifs is 1. The summed E-state index contributed by atoms with van der Waals surface area (Å²) >= 11 is 1.56. The molecule has 0 saturated carbocycles. The van der Waals surface area contributed by atoms with Crippen molar-refractivity contribution in [3.05, 3.63) is 95.7 Å². The van der Waals surface area contributed by atoms with Crippen molar-refractivity contribution in [1.29, 1.82) is 0 Å². The molecular weight excluding hydrogens is 399 g/mol. The smallest absolute Gasteiger partial charge is 0.337 e. The molecule has 0 fully saturated rings. The number of halogens is 1. The van der Waals surface area contributed by atoms with E-state index in [1.165, 1.54) is 35.7 Å². The first-order valence-electron chi connectivity index (χ1n) is 9.77. The van der Waals surface area contributed by atoms with Gasteiger partial charge in [-0.2, -0.15) is 0 Å². The zero-order chi connectivity index (χ0) is 20.9. The minimum Gasteiger partial charge on any atom is -0.478 e. The highest BCUT2D eigenvalue weighted by molar-refractivity contribution is 7.99. The second kappa shape index (κ2) is 9.13. The third kappa shape index (κ3) is 4.71. The molecule has 152 valence electrons. The Bertz CT molecular complexity index is 1100. The van der Waals surface area contributed by atoms with Gasteiger partial charge in [-0.3, -0.25) is 4.98 Å². The Kier molecular flexibility index (Phi) is 6.14. The van der Waals surface area contributed by atoms with Gasteiger partial charge in [0, 0.05) is 21.9 Å². The maximum atomic E-state index is 13.4. The number of rotatable bonds is 6. The number of pyridine rings is 1. The van der Waals surface area contributed by atoms with Gasteiger partial charge >= 0.3 is 5.97 Å². The van der Waals surface area contributed by atoms with Crippen LogP contribution in [-0.4, -0.2) is 16.1 Å². The van der Waals surface area contributed by atoms with Gasteiger partial charge in [0.25, 0.3) is 0 Å². The van der Waals surface area contributed by atoms with Gasteiger partial charge in [0.05, 0.1) is 17.4 Å². The lowest BCUT2D eigenvalue weighted by atomic mass is 9.83. The van der Waals surface area contributed by atoms with Crippen LogP contribution in [0, 0.1) is 5.82 Å². The third-order valence-electron chi connectivity index (χ3n) is 5.13. The van der Waals surface area contributed by atoms with Crippen LogP contribution >= 0.6 is 11.8 Å². The predicted octanol–water partition coefficient (Wildman–Crippen LogP) is 6.12. The number of carboxylic acids is 1. The van der Waals surface area contributed by atoms with Crippen molar-refractivity contribution in [3.8, 4) is 0 Å². The van der Waals surface area contributed by atoms with E-state index in [-0.39, 0.29) is 17.3 Å². The fourth-order valence-electron chi connectivity index (χ4n) is 3.71. The number of allylic oxidation sites excluding steroid dienone is 1. The fourth-order valence-corrected chi connectivity index (χ4v) is 4.64. The van der Waals surface area contributed by atoms with Crippen molar-refractivity contribution in [2.45, 2.75) is 35.0 Å². The largest absolute Gasteiger partial charge is 0.478 e. The average molecular weight is 421 g/mol. The average Bonchev–Trinajstić information content (AvgIpc) is 2.74. The number of nitrogens with one attached hydrogen (secondary N) is 1. The molecular formula is C24H21FN2O2S. The Morgan fingerprint density at radius 3 is 2.90 bits per heavy atom. The van der Waals surface area contributed by atoms with E-state index in [1.54, 1.807) is 30.1 Å². The molecule has 2 N–H and O–H groups in total. The standard InChI is InChI=1S/C24H21FN2O2S/c25-18-5-2-6-19(14-18)30-20-7-8-21-16(3-1-4-17(21)13-20)9-12-27-23-15-26-11-10-22(23)24(28)29/h2,5-16,27H,1,3-4H2,(H,28,29)/b12-9+. The van der Waals surface area contributed by atoms with E-state index in [9.17, 15) is 14.3 Å². The molecule has 1 unspecified atom stereocenters. The van der Waals surface area contributed by atoms with E-state index < -0.39 is 5.97 Å². The van der Waals surface area contributed by atoms with Crippen molar-refractivity contribution in [2.24, 2.45) is 0 Å². The fraction of sp³-hybridized carbons (Fsp3) is 0.167. The van der Waals surface area contributed by atoms with E-state index in [0.29, 0.717) is 5.69 Å². The molecule has 1 heterocycles. The van der Waals surface area contributed by atoms with Crippen LogP contribution in [0.5, 0.6) is 0 Å². The van der Waals surface area contributed by atoms with Crippen LogP contribution in [-0.2, 0) is 6.42 Å². The van der Waals surface area contributed by atoms with Crippen LogP contribution in [0.2, 0.25) is 0 Å². The number of carboxylic acid groups (broad SMARTS) is 1. The number of benzene rings is 2. The van der Waals surface area contributed by atoms with E-state index in [0.717, 1.165) is 29.1 Å². The van der Waals surface area contributed by atoms with Crippen LogP contribution in [0.25, 0.3) is 0 Å². The highest BCUT2D eigenvalue weighted by Crippen LogP contribution is 2.36. The first-order valence-corrected chi connectivity index (χ1v) is 10.6. The Hall–Kier alpha value is -3.12. The first kappa shape index (κ1) is 20.2. The lowest BCUT2D eigenvalue weighted by molar-refractivity contribution is 0.0698. The summed E-state index contributed by atoms with van der Waals surface area (Å²) in [5.41, 5.74) is 3.26. The maximum Gasteiger partial charge on any atom is 0.337 e. The van der Waals surface area contributed by atoms with Gasteiger partial charge in [-0.05, 0) is 73.0 Å². The molecule has 0 amide bonds. The van der Waals surface area contributed by atoms with Crippen LogP contribution in [0.3, 0.4) is 0 Å². The quantitative estimate of drug-likeness (QED) is 0.503. The zero-order valence-electron chi connectivity index (χ0n) is 16.2. The van der Waals surface area contributed by atoms with Crippen LogP contribution < -0.4 is 5.32 Å². The number of nitrogens with zero attached hydrogens (tertiary/aromatic N) is 1. The molecule has 6 heteroatoms. The summed E-state index contributed by atoms with van der Waals surface area (Å²) in [6.45, 7) is 0. The lowest BCUT2D eigenvalue weighted by Crippen LogP contribution is -2.09. The molecule has 1 aliphatic carbocycles. The van der Waals surface area contributed by atoms with Crippen LogP contribution in [0.1, 0.15) is 40.2 Å². The molecule has 0 bridgehead atoms. The van der Waals surface area contributed by atoms with E-state index in [2.05, 4.69) is 34.6 Å². The Morgan fingerprint density at radius 2 is 2.07 bits per heavy atom. The van der Waals surface area contributed by atoms with Crippen molar-refractivity contribution in [3.63, 3.8) is 0 Å². The molecule has 4 rings (SSSR count). The van der Waals surface area contributed by atoms with E-state index in [4.69, 9.17) is 0 Å². The molecule has 0 spiro atoms. The summed E-state index contributed by atoms with van der Waals surface area (Å²) in [6, 6.07) is 14.5. The Labute approximate surface area is 178 Å². The highest BCUT2D eigenvalue weighted by Gasteiger charge is 2.18.